The average molecular weight is 342 g/mol. The number of benzene rings is 2. The third-order valence-electron chi connectivity index (χ3n) is 3.55. The van der Waals surface area contributed by atoms with Crippen molar-refractivity contribution in [3.8, 4) is 11.4 Å². The number of aromatic nitrogens is 2. The van der Waals surface area contributed by atoms with E-state index >= 15 is 0 Å². The number of carbonyl (C=O) groups is 1. The summed E-state index contributed by atoms with van der Waals surface area (Å²) in [7, 11) is 1.56. The Labute approximate surface area is 144 Å². The molecule has 24 heavy (non-hydrogen) atoms. The summed E-state index contributed by atoms with van der Waals surface area (Å²) in [4.78, 5) is 12.5. The number of hydrogen-bond donors (Lipinski definition) is 1. The van der Waals surface area contributed by atoms with E-state index in [1.54, 1.807) is 30.0 Å². The molecule has 0 unspecified atom stereocenters. The fourth-order valence-corrected chi connectivity index (χ4v) is 2.47. The van der Waals surface area contributed by atoms with Gasteiger partial charge in [0.15, 0.2) is 5.69 Å². The van der Waals surface area contributed by atoms with Gasteiger partial charge in [-0.2, -0.15) is 5.10 Å². The van der Waals surface area contributed by atoms with Gasteiger partial charge in [-0.15, -0.1) is 0 Å². The van der Waals surface area contributed by atoms with Crippen LogP contribution < -0.4 is 10.1 Å². The van der Waals surface area contributed by atoms with E-state index in [1.165, 1.54) is 0 Å². The Morgan fingerprint density at radius 2 is 1.96 bits per heavy atom. The second kappa shape index (κ2) is 6.76. The van der Waals surface area contributed by atoms with Gasteiger partial charge in [0, 0.05) is 17.8 Å². The van der Waals surface area contributed by atoms with Gasteiger partial charge in [0.1, 0.15) is 5.75 Å². The van der Waals surface area contributed by atoms with Crippen molar-refractivity contribution in [2.75, 3.05) is 12.4 Å². The molecule has 0 fully saturated rings. The van der Waals surface area contributed by atoms with Gasteiger partial charge < -0.3 is 10.1 Å². The molecular weight excluding hydrogens is 326 g/mol. The average Bonchev–Trinajstić information content (AvgIpc) is 2.99. The standard InChI is InChI=1S/C18H16ClN3O2/c1-12-11-22(13-6-4-3-5-7-13)21-17(12)18(23)20-16-10-14(24-2)8-9-15(16)19/h3-11H,1-2H3,(H,20,23). The highest BCUT2D eigenvalue weighted by Crippen LogP contribution is 2.27. The van der Waals surface area contributed by atoms with Crippen molar-refractivity contribution in [2.45, 2.75) is 6.92 Å². The van der Waals surface area contributed by atoms with E-state index in [0.717, 1.165) is 11.3 Å². The lowest BCUT2D eigenvalue weighted by Gasteiger charge is -2.08. The Kier molecular flexibility index (Phi) is 4.53. The van der Waals surface area contributed by atoms with Crippen LogP contribution >= 0.6 is 11.6 Å². The number of nitrogens with one attached hydrogen (secondary N) is 1. The van der Waals surface area contributed by atoms with Crippen molar-refractivity contribution in [2.24, 2.45) is 0 Å². The van der Waals surface area contributed by atoms with Crippen LogP contribution in [0.1, 0.15) is 16.1 Å². The predicted octanol–water partition coefficient (Wildman–Crippen LogP) is 4.10. The minimum Gasteiger partial charge on any atom is -0.497 e. The third kappa shape index (κ3) is 3.26. The molecule has 0 atom stereocenters. The molecule has 0 saturated heterocycles. The van der Waals surface area contributed by atoms with E-state index in [1.807, 2.05) is 43.5 Å². The quantitative estimate of drug-likeness (QED) is 0.777. The summed E-state index contributed by atoms with van der Waals surface area (Å²) in [5.74, 6) is 0.290. The molecule has 6 heteroatoms. The van der Waals surface area contributed by atoms with Gasteiger partial charge in [-0.3, -0.25) is 4.79 Å². The van der Waals surface area contributed by atoms with Crippen molar-refractivity contribution in [1.29, 1.82) is 0 Å². The molecule has 3 aromatic rings. The fourth-order valence-electron chi connectivity index (χ4n) is 2.31. The number of anilines is 1. The fraction of sp³-hybridized carbons (Fsp3) is 0.111. The van der Waals surface area contributed by atoms with Gasteiger partial charge in [-0.1, -0.05) is 29.8 Å². The first-order valence-corrected chi connectivity index (χ1v) is 7.73. The maximum Gasteiger partial charge on any atom is 0.276 e. The molecule has 3 rings (SSSR count). The minimum absolute atomic E-state index is 0.322. The summed E-state index contributed by atoms with van der Waals surface area (Å²) in [5.41, 5.74) is 2.49. The van der Waals surface area contributed by atoms with E-state index in [0.29, 0.717) is 22.2 Å². The van der Waals surface area contributed by atoms with E-state index in [4.69, 9.17) is 16.3 Å². The summed E-state index contributed by atoms with van der Waals surface area (Å²) in [6, 6.07) is 14.7. The van der Waals surface area contributed by atoms with Gasteiger partial charge in [0.25, 0.3) is 5.91 Å². The van der Waals surface area contributed by atoms with Crippen LogP contribution in [-0.2, 0) is 0 Å². The number of methoxy groups -OCH3 is 1. The minimum atomic E-state index is -0.322. The molecular formula is C18H16ClN3O2. The zero-order chi connectivity index (χ0) is 17.1. The van der Waals surface area contributed by atoms with Gasteiger partial charge >= 0.3 is 0 Å². The second-order valence-corrected chi connectivity index (χ2v) is 5.65. The highest BCUT2D eigenvalue weighted by molar-refractivity contribution is 6.34. The largest absolute Gasteiger partial charge is 0.497 e. The van der Waals surface area contributed by atoms with Crippen molar-refractivity contribution in [1.82, 2.24) is 9.78 Å². The predicted molar refractivity (Wildman–Crippen MR) is 94.3 cm³/mol. The molecule has 5 nitrogen and oxygen atoms in total. The van der Waals surface area contributed by atoms with E-state index in [2.05, 4.69) is 10.4 Å². The summed E-state index contributed by atoms with van der Waals surface area (Å²) >= 11 is 6.13. The zero-order valence-corrected chi connectivity index (χ0v) is 14.0. The Morgan fingerprint density at radius 1 is 1.21 bits per heavy atom. The van der Waals surface area contributed by atoms with Crippen LogP contribution in [0.5, 0.6) is 5.75 Å². The van der Waals surface area contributed by atoms with Crippen molar-refractivity contribution >= 4 is 23.2 Å². The van der Waals surface area contributed by atoms with Gasteiger partial charge in [0.05, 0.1) is 23.5 Å². The highest BCUT2D eigenvalue weighted by atomic mass is 35.5. The number of carbonyl (C=O) groups excluding carboxylic acids is 1. The zero-order valence-electron chi connectivity index (χ0n) is 13.3. The summed E-state index contributed by atoms with van der Waals surface area (Å²) in [6.07, 6.45) is 1.82. The van der Waals surface area contributed by atoms with Gasteiger partial charge in [-0.05, 0) is 31.2 Å². The van der Waals surface area contributed by atoms with E-state index in [9.17, 15) is 4.79 Å². The van der Waals surface area contributed by atoms with Crippen LogP contribution in [0.2, 0.25) is 5.02 Å². The number of rotatable bonds is 4. The first kappa shape index (κ1) is 16.1. The molecule has 2 aromatic carbocycles. The van der Waals surface area contributed by atoms with Crippen molar-refractivity contribution < 1.29 is 9.53 Å². The number of nitrogens with zero attached hydrogens (tertiary/aromatic N) is 2. The Bertz CT molecular complexity index is 875. The van der Waals surface area contributed by atoms with Crippen LogP contribution in [0, 0.1) is 6.92 Å². The van der Waals surface area contributed by atoms with Crippen LogP contribution in [0.25, 0.3) is 5.69 Å². The highest BCUT2D eigenvalue weighted by Gasteiger charge is 2.16. The molecule has 0 aliphatic rings. The molecule has 1 amide bonds. The topological polar surface area (TPSA) is 56.1 Å². The SMILES string of the molecule is COc1ccc(Cl)c(NC(=O)c2nn(-c3ccccc3)cc2C)c1. The number of halogens is 1. The maximum absolute atomic E-state index is 12.5. The molecule has 1 N–H and O–H groups in total. The lowest BCUT2D eigenvalue weighted by molar-refractivity contribution is 0.102. The molecule has 1 heterocycles. The second-order valence-electron chi connectivity index (χ2n) is 5.24. The lowest BCUT2D eigenvalue weighted by Crippen LogP contribution is -2.14. The van der Waals surface area contributed by atoms with Crippen molar-refractivity contribution in [3.63, 3.8) is 0 Å². The molecule has 0 radical (unpaired) electrons. The monoisotopic (exact) mass is 341 g/mol. The molecule has 0 aliphatic carbocycles. The normalized spacial score (nSPS) is 10.5. The first-order chi connectivity index (χ1) is 11.6. The first-order valence-electron chi connectivity index (χ1n) is 7.35. The van der Waals surface area contributed by atoms with Crippen LogP contribution in [0.3, 0.4) is 0 Å². The van der Waals surface area contributed by atoms with E-state index < -0.39 is 0 Å². The number of amides is 1. The van der Waals surface area contributed by atoms with Crippen LogP contribution in [-0.4, -0.2) is 22.8 Å². The Balaban J connectivity index is 1.87. The number of para-hydroxylation sites is 1. The van der Waals surface area contributed by atoms with Crippen molar-refractivity contribution in [3.05, 3.63) is 71.0 Å². The number of aryl methyl sites for hydroxylation is 1. The van der Waals surface area contributed by atoms with Crippen LogP contribution in [0.4, 0.5) is 5.69 Å². The third-order valence-corrected chi connectivity index (χ3v) is 3.88. The number of hydrogen-bond acceptors (Lipinski definition) is 3. The van der Waals surface area contributed by atoms with E-state index in [-0.39, 0.29) is 5.91 Å². The van der Waals surface area contributed by atoms with Crippen LogP contribution in [0.15, 0.2) is 54.7 Å². The molecule has 122 valence electrons. The molecule has 1 aromatic heterocycles. The van der Waals surface area contributed by atoms with Gasteiger partial charge in [0.2, 0.25) is 0 Å². The smallest absolute Gasteiger partial charge is 0.276 e. The summed E-state index contributed by atoms with van der Waals surface area (Å²) in [5, 5.41) is 7.59. The van der Waals surface area contributed by atoms with Gasteiger partial charge in [-0.25, -0.2) is 4.68 Å². The molecule has 0 saturated carbocycles. The Hall–Kier alpha value is -2.79. The number of ether oxygens (including phenoxy) is 1. The molecule has 0 aliphatic heterocycles. The Morgan fingerprint density at radius 3 is 2.67 bits per heavy atom. The summed E-state index contributed by atoms with van der Waals surface area (Å²) in [6.45, 7) is 1.84. The maximum atomic E-state index is 12.5. The molecule has 0 spiro atoms. The lowest BCUT2D eigenvalue weighted by atomic mass is 10.2. The summed E-state index contributed by atoms with van der Waals surface area (Å²) < 4.78 is 6.83. The molecule has 0 bridgehead atoms.